The summed E-state index contributed by atoms with van der Waals surface area (Å²) in [7, 11) is 0. The molecule has 1 rings (SSSR count). The molecule has 14 heavy (non-hydrogen) atoms. The Balaban J connectivity index is 2.01. The maximum atomic E-state index is 4.22. The van der Waals surface area contributed by atoms with Gasteiger partial charge in [-0.15, -0.1) is 0 Å². The number of hydrogen-bond donors (Lipinski definition) is 0. The molecule has 0 N–H and O–H groups in total. The van der Waals surface area contributed by atoms with Gasteiger partial charge < -0.3 is 0 Å². The zero-order valence-electron chi connectivity index (χ0n) is 9.37. The minimum absolute atomic E-state index is 0.534. The van der Waals surface area contributed by atoms with Gasteiger partial charge in [0.25, 0.3) is 0 Å². The van der Waals surface area contributed by atoms with Crippen LogP contribution in [0.5, 0.6) is 0 Å². The Hall–Kier alpha value is -0.790. The molecule has 1 heterocycles. The van der Waals surface area contributed by atoms with Crippen LogP contribution in [0.3, 0.4) is 0 Å². The molecule has 0 bridgehead atoms. The van der Waals surface area contributed by atoms with Gasteiger partial charge in [0.1, 0.15) is 5.84 Å². The van der Waals surface area contributed by atoms with E-state index in [4.69, 9.17) is 0 Å². The van der Waals surface area contributed by atoms with Gasteiger partial charge in [0.2, 0.25) is 0 Å². The zero-order chi connectivity index (χ0) is 10.2. The van der Waals surface area contributed by atoms with E-state index in [1.165, 1.54) is 38.5 Å². The lowest BCUT2D eigenvalue weighted by Gasteiger charge is -2.09. The molecule has 0 saturated heterocycles. The molecule has 1 aliphatic heterocycles. The fourth-order valence-electron chi connectivity index (χ4n) is 1.69. The molecule has 2 heteroatoms. The third-order valence-corrected chi connectivity index (χ3v) is 2.66. The first kappa shape index (κ1) is 11.3. The van der Waals surface area contributed by atoms with Crippen LogP contribution in [0.2, 0.25) is 0 Å². The van der Waals surface area contributed by atoms with Crippen molar-refractivity contribution in [2.45, 2.75) is 52.4 Å². The monoisotopic (exact) mass is 193 g/mol. The van der Waals surface area contributed by atoms with E-state index in [2.05, 4.69) is 24.2 Å². The van der Waals surface area contributed by atoms with E-state index in [0.29, 0.717) is 5.92 Å². The molecular weight excluding hydrogens is 172 g/mol. The number of unbranched alkanes of at least 4 members (excludes halogenated alkanes) is 4. The highest BCUT2D eigenvalue weighted by Crippen LogP contribution is 2.13. The summed E-state index contributed by atoms with van der Waals surface area (Å²) in [5, 5.41) is 4.22. The van der Waals surface area contributed by atoms with E-state index < -0.39 is 0 Å². The predicted molar refractivity (Wildman–Crippen MR) is 61.2 cm³/mol. The van der Waals surface area contributed by atoms with Crippen molar-refractivity contribution in [3.63, 3.8) is 0 Å². The van der Waals surface area contributed by atoms with E-state index in [9.17, 15) is 0 Å². The van der Waals surface area contributed by atoms with Crippen LogP contribution in [0.4, 0.5) is 0 Å². The maximum Gasteiger partial charge on any atom is 0.131 e. The van der Waals surface area contributed by atoms with E-state index in [1.54, 1.807) is 12.4 Å². The third-order valence-electron chi connectivity index (χ3n) is 2.66. The van der Waals surface area contributed by atoms with Crippen LogP contribution >= 0.6 is 0 Å². The van der Waals surface area contributed by atoms with Gasteiger partial charge in [0, 0.05) is 18.3 Å². The lowest BCUT2D eigenvalue weighted by Crippen LogP contribution is -2.16. The van der Waals surface area contributed by atoms with Crippen molar-refractivity contribution < 1.29 is 0 Å². The summed E-state index contributed by atoms with van der Waals surface area (Å²) < 4.78 is 0. The van der Waals surface area contributed by atoms with E-state index in [0.717, 1.165) is 5.84 Å². The van der Waals surface area contributed by atoms with Gasteiger partial charge in [0.05, 0.1) is 0 Å². The molecule has 0 saturated carbocycles. The van der Waals surface area contributed by atoms with Crippen LogP contribution in [0.15, 0.2) is 17.4 Å². The van der Waals surface area contributed by atoms with Crippen LogP contribution in [0.25, 0.3) is 0 Å². The first-order valence-electron chi connectivity index (χ1n) is 5.78. The van der Waals surface area contributed by atoms with E-state index >= 15 is 0 Å². The van der Waals surface area contributed by atoms with Gasteiger partial charge in [-0.1, -0.05) is 46.0 Å². The van der Waals surface area contributed by atoms with Crippen molar-refractivity contribution in [2.75, 3.05) is 0 Å². The fraction of sp³-hybridized carbons (Fsp3) is 0.750. The molecule has 1 radical (unpaired) electrons. The largest absolute Gasteiger partial charge is 0.240 e. The highest BCUT2D eigenvalue weighted by atomic mass is 15.0. The van der Waals surface area contributed by atoms with Crippen LogP contribution in [0.1, 0.15) is 52.4 Å². The molecule has 0 aliphatic carbocycles. The summed E-state index contributed by atoms with van der Waals surface area (Å²) in [6.45, 7) is 4.47. The molecular formula is C12H21N2. The second-order valence-electron chi connectivity index (χ2n) is 4.02. The standard InChI is InChI=1S/C12H21N2/c1-3-4-5-6-7-8-11(2)12-13-9-10-14-12/h9-11H,3-8H2,1-2H3. The molecule has 2 nitrogen and oxygen atoms in total. The summed E-state index contributed by atoms with van der Waals surface area (Å²) >= 11 is 0. The molecule has 0 amide bonds. The minimum Gasteiger partial charge on any atom is -0.240 e. The van der Waals surface area contributed by atoms with Crippen LogP contribution in [-0.2, 0) is 0 Å². The molecule has 1 atom stereocenters. The average Bonchev–Trinajstić information content (AvgIpc) is 2.70. The van der Waals surface area contributed by atoms with Crippen molar-refractivity contribution in [2.24, 2.45) is 10.9 Å². The van der Waals surface area contributed by atoms with Crippen LogP contribution in [-0.4, -0.2) is 5.84 Å². The highest BCUT2D eigenvalue weighted by molar-refractivity contribution is 5.86. The Kier molecular flexibility index (Phi) is 5.35. The molecule has 0 aromatic heterocycles. The van der Waals surface area contributed by atoms with Gasteiger partial charge in [-0.2, -0.15) is 0 Å². The summed E-state index contributed by atoms with van der Waals surface area (Å²) in [4.78, 5) is 4.22. The van der Waals surface area contributed by atoms with Gasteiger partial charge in [-0.3, -0.25) is 0 Å². The van der Waals surface area contributed by atoms with Gasteiger partial charge in [-0.05, 0) is 6.42 Å². The Morgan fingerprint density at radius 2 is 1.93 bits per heavy atom. The minimum atomic E-state index is 0.534. The highest BCUT2D eigenvalue weighted by Gasteiger charge is 2.11. The number of amidine groups is 1. The van der Waals surface area contributed by atoms with Crippen LogP contribution in [0, 0.1) is 5.92 Å². The number of nitrogens with zero attached hydrogens (tertiary/aromatic N) is 2. The fourth-order valence-corrected chi connectivity index (χ4v) is 1.69. The van der Waals surface area contributed by atoms with Crippen molar-refractivity contribution in [1.82, 2.24) is 5.32 Å². The average molecular weight is 193 g/mol. The van der Waals surface area contributed by atoms with Crippen molar-refractivity contribution >= 4 is 5.84 Å². The molecule has 1 aliphatic rings. The smallest absolute Gasteiger partial charge is 0.131 e. The number of hydrogen-bond acceptors (Lipinski definition) is 1. The molecule has 0 spiro atoms. The molecule has 0 aromatic carbocycles. The van der Waals surface area contributed by atoms with Crippen molar-refractivity contribution in [1.29, 1.82) is 0 Å². The lowest BCUT2D eigenvalue weighted by molar-refractivity contribution is 0.562. The Morgan fingerprint density at radius 1 is 1.14 bits per heavy atom. The van der Waals surface area contributed by atoms with Gasteiger partial charge in [-0.25, -0.2) is 10.3 Å². The van der Waals surface area contributed by atoms with E-state index in [1.807, 2.05) is 0 Å². The quantitative estimate of drug-likeness (QED) is 0.553. The van der Waals surface area contributed by atoms with Gasteiger partial charge >= 0.3 is 0 Å². The Bertz CT molecular complexity index is 206. The second-order valence-corrected chi connectivity index (χ2v) is 4.02. The lowest BCUT2D eigenvalue weighted by atomic mass is 10.0. The number of rotatable bonds is 7. The second kappa shape index (κ2) is 6.63. The summed E-state index contributed by atoms with van der Waals surface area (Å²) in [5.74, 6) is 1.55. The zero-order valence-corrected chi connectivity index (χ0v) is 9.37. The predicted octanol–water partition coefficient (Wildman–Crippen LogP) is 3.47. The van der Waals surface area contributed by atoms with E-state index in [-0.39, 0.29) is 0 Å². The molecule has 0 fully saturated rings. The molecule has 0 aromatic rings. The first-order valence-corrected chi connectivity index (χ1v) is 5.78. The Labute approximate surface area is 87.5 Å². The summed E-state index contributed by atoms with van der Waals surface area (Å²) in [6.07, 6.45) is 11.5. The van der Waals surface area contributed by atoms with Gasteiger partial charge in [0.15, 0.2) is 0 Å². The molecule has 1 unspecified atom stereocenters. The SMILES string of the molecule is CCCCCCCC(C)C1=NC=C[N]1. The normalized spacial score (nSPS) is 16.6. The van der Waals surface area contributed by atoms with Crippen molar-refractivity contribution in [3.05, 3.63) is 12.4 Å². The first-order chi connectivity index (χ1) is 6.84. The Morgan fingerprint density at radius 3 is 2.57 bits per heavy atom. The summed E-state index contributed by atoms with van der Waals surface area (Å²) in [5.41, 5.74) is 0. The topological polar surface area (TPSA) is 26.5 Å². The van der Waals surface area contributed by atoms with Crippen LogP contribution < -0.4 is 5.32 Å². The number of aliphatic imine (C=N–C) groups is 1. The molecule has 79 valence electrons. The van der Waals surface area contributed by atoms with Crippen molar-refractivity contribution in [3.8, 4) is 0 Å². The summed E-state index contributed by atoms with van der Waals surface area (Å²) in [6, 6.07) is 0. The third kappa shape index (κ3) is 3.95. The maximum absolute atomic E-state index is 4.22.